The average Bonchev–Trinajstić information content (AvgIpc) is 2.67. The van der Waals surface area contributed by atoms with Crippen LogP contribution in [0.4, 0.5) is 5.69 Å². The van der Waals surface area contributed by atoms with Gasteiger partial charge in [-0.25, -0.2) is 4.98 Å². The maximum atomic E-state index is 13.3. The summed E-state index contributed by atoms with van der Waals surface area (Å²) < 4.78 is 0. The second kappa shape index (κ2) is 8.03. The van der Waals surface area contributed by atoms with Gasteiger partial charge in [-0.1, -0.05) is 65.1 Å². The maximum Gasteiger partial charge on any atom is 0.256 e. The summed E-state index contributed by atoms with van der Waals surface area (Å²) in [6.45, 7) is 1.89. The number of carbonyl (C=O) groups excluding carboxylic acids is 1. The van der Waals surface area contributed by atoms with E-state index in [1.807, 2.05) is 43.3 Å². The Labute approximate surface area is 183 Å². The Morgan fingerprint density at radius 2 is 1.52 bits per heavy atom. The van der Waals surface area contributed by atoms with Crippen LogP contribution in [-0.4, -0.2) is 10.9 Å². The van der Waals surface area contributed by atoms with E-state index in [1.54, 1.807) is 30.3 Å². The molecule has 4 aromatic rings. The molecule has 1 aromatic heterocycles. The highest BCUT2D eigenvalue weighted by atomic mass is 35.5. The first kappa shape index (κ1) is 19.7. The summed E-state index contributed by atoms with van der Waals surface area (Å²) in [4.78, 5) is 18.1. The fourth-order valence-corrected chi connectivity index (χ4v) is 3.96. The number of anilines is 1. The molecule has 3 aromatic carbocycles. The molecule has 0 aliphatic rings. The average molecular weight is 442 g/mol. The molecule has 144 valence electrons. The van der Waals surface area contributed by atoms with Crippen LogP contribution in [0.3, 0.4) is 0 Å². The predicted octanol–water partition coefficient (Wildman–Crippen LogP) is 7.42. The molecule has 3 nitrogen and oxygen atoms in total. The van der Waals surface area contributed by atoms with Crippen LogP contribution in [0.15, 0.2) is 66.7 Å². The van der Waals surface area contributed by atoms with E-state index < -0.39 is 0 Å². The zero-order chi connectivity index (χ0) is 20.5. The number of fused-ring (bicyclic) bond motifs is 1. The molecule has 0 atom stereocenters. The Balaban J connectivity index is 1.87. The van der Waals surface area contributed by atoms with Crippen LogP contribution in [0.25, 0.3) is 22.2 Å². The second-order valence-electron chi connectivity index (χ2n) is 6.60. The number of carbonyl (C=O) groups is 1. The second-order valence-corrected chi connectivity index (χ2v) is 7.91. The minimum Gasteiger partial charge on any atom is -0.322 e. The van der Waals surface area contributed by atoms with E-state index in [-0.39, 0.29) is 5.91 Å². The van der Waals surface area contributed by atoms with Gasteiger partial charge in [0.25, 0.3) is 5.91 Å². The third-order valence-electron chi connectivity index (χ3n) is 4.60. The van der Waals surface area contributed by atoms with Crippen molar-refractivity contribution in [3.05, 3.63) is 92.9 Å². The van der Waals surface area contributed by atoms with Crippen molar-refractivity contribution >= 4 is 57.3 Å². The van der Waals surface area contributed by atoms with E-state index in [0.29, 0.717) is 26.3 Å². The fourth-order valence-electron chi connectivity index (χ4n) is 3.31. The first-order valence-electron chi connectivity index (χ1n) is 8.85. The van der Waals surface area contributed by atoms with Crippen molar-refractivity contribution < 1.29 is 4.79 Å². The number of nitrogens with one attached hydrogen (secondary N) is 1. The number of aromatic nitrogens is 1. The first-order chi connectivity index (χ1) is 13.9. The van der Waals surface area contributed by atoms with E-state index in [4.69, 9.17) is 39.8 Å². The quantitative estimate of drug-likeness (QED) is 0.359. The molecule has 0 aliphatic heterocycles. The molecule has 0 radical (unpaired) electrons. The van der Waals surface area contributed by atoms with Gasteiger partial charge in [-0.3, -0.25) is 4.79 Å². The summed E-state index contributed by atoms with van der Waals surface area (Å²) in [5.74, 6) is -0.255. The molecule has 6 heteroatoms. The van der Waals surface area contributed by atoms with Gasteiger partial charge in [0.2, 0.25) is 0 Å². The van der Waals surface area contributed by atoms with Crippen LogP contribution in [0.1, 0.15) is 15.9 Å². The number of halogens is 3. The van der Waals surface area contributed by atoms with Gasteiger partial charge in [-0.05, 0) is 48.9 Å². The highest BCUT2D eigenvalue weighted by Crippen LogP contribution is 2.31. The predicted molar refractivity (Wildman–Crippen MR) is 121 cm³/mol. The van der Waals surface area contributed by atoms with Gasteiger partial charge in [0.05, 0.1) is 16.8 Å². The minimum absolute atomic E-state index is 0.255. The number of para-hydroxylation sites is 1. The molecule has 0 saturated carbocycles. The van der Waals surface area contributed by atoms with Gasteiger partial charge in [0, 0.05) is 31.7 Å². The summed E-state index contributed by atoms with van der Waals surface area (Å²) in [6.07, 6.45) is 0. The van der Waals surface area contributed by atoms with E-state index in [9.17, 15) is 4.79 Å². The topological polar surface area (TPSA) is 42.0 Å². The zero-order valence-electron chi connectivity index (χ0n) is 15.3. The molecule has 0 unspecified atom stereocenters. The van der Waals surface area contributed by atoms with Crippen LogP contribution in [0.2, 0.25) is 15.1 Å². The molecule has 4 rings (SSSR count). The van der Waals surface area contributed by atoms with E-state index in [1.165, 1.54) is 0 Å². The van der Waals surface area contributed by atoms with Crippen LogP contribution >= 0.6 is 34.8 Å². The Hall–Kier alpha value is -2.59. The van der Waals surface area contributed by atoms with Crippen LogP contribution in [0, 0.1) is 6.92 Å². The molecule has 0 saturated heterocycles. The van der Waals surface area contributed by atoms with Crippen molar-refractivity contribution in [2.75, 3.05) is 5.32 Å². The Bertz CT molecular complexity index is 1220. The number of benzene rings is 3. The van der Waals surface area contributed by atoms with Gasteiger partial charge < -0.3 is 5.32 Å². The van der Waals surface area contributed by atoms with E-state index >= 15 is 0 Å². The largest absolute Gasteiger partial charge is 0.322 e. The van der Waals surface area contributed by atoms with Crippen molar-refractivity contribution in [2.24, 2.45) is 0 Å². The lowest BCUT2D eigenvalue weighted by molar-refractivity contribution is 0.102. The van der Waals surface area contributed by atoms with Crippen LogP contribution in [0.5, 0.6) is 0 Å². The third-order valence-corrected chi connectivity index (χ3v) is 5.29. The number of amides is 1. The summed E-state index contributed by atoms with van der Waals surface area (Å²) in [6, 6.07) is 19.9. The number of pyridine rings is 1. The summed E-state index contributed by atoms with van der Waals surface area (Å²) in [7, 11) is 0. The first-order valence-corrected chi connectivity index (χ1v) is 9.98. The lowest BCUT2D eigenvalue weighted by Crippen LogP contribution is -2.15. The Morgan fingerprint density at radius 1 is 0.862 bits per heavy atom. The van der Waals surface area contributed by atoms with Gasteiger partial charge in [0.1, 0.15) is 0 Å². The third kappa shape index (κ3) is 4.08. The monoisotopic (exact) mass is 440 g/mol. The van der Waals surface area contributed by atoms with Gasteiger partial charge >= 0.3 is 0 Å². The zero-order valence-corrected chi connectivity index (χ0v) is 17.6. The lowest BCUT2D eigenvalue weighted by atomic mass is 9.97. The summed E-state index contributed by atoms with van der Waals surface area (Å²) in [5, 5.41) is 5.22. The summed E-state index contributed by atoms with van der Waals surface area (Å²) in [5.41, 5.74) is 4.21. The van der Waals surface area contributed by atoms with Crippen molar-refractivity contribution in [1.82, 2.24) is 4.98 Å². The molecular weight excluding hydrogens is 427 g/mol. The molecule has 0 fully saturated rings. The van der Waals surface area contributed by atoms with Crippen molar-refractivity contribution in [3.63, 3.8) is 0 Å². The van der Waals surface area contributed by atoms with Crippen LogP contribution < -0.4 is 5.32 Å². The molecule has 0 aliphatic carbocycles. The number of rotatable bonds is 3. The molecular formula is C23H15Cl3N2O. The highest BCUT2D eigenvalue weighted by molar-refractivity contribution is 6.35. The van der Waals surface area contributed by atoms with Crippen LogP contribution in [-0.2, 0) is 0 Å². The number of hydrogen-bond donors (Lipinski definition) is 1. The van der Waals surface area contributed by atoms with Crippen molar-refractivity contribution in [2.45, 2.75) is 6.92 Å². The SMILES string of the molecule is Cc1c(-c2ccc(Cl)cc2)nc2ccccc2c1C(=O)Nc1cc(Cl)cc(Cl)c1. The molecule has 1 N–H and O–H groups in total. The Morgan fingerprint density at radius 3 is 2.21 bits per heavy atom. The van der Waals surface area contributed by atoms with E-state index in [0.717, 1.165) is 27.7 Å². The summed E-state index contributed by atoms with van der Waals surface area (Å²) >= 11 is 18.2. The Kier molecular flexibility index (Phi) is 5.46. The van der Waals surface area contributed by atoms with Crippen molar-refractivity contribution in [1.29, 1.82) is 0 Å². The minimum atomic E-state index is -0.255. The molecule has 0 spiro atoms. The highest BCUT2D eigenvalue weighted by Gasteiger charge is 2.19. The maximum absolute atomic E-state index is 13.3. The smallest absolute Gasteiger partial charge is 0.256 e. The molecule has 29 heavy (non-hydrogen) atoms. The fraction of sp³-hybridized carbons (Fsp3) is 0.0435. The van der Waals surface area contributed by atoms with Gasteiger partial charge in [0.15, 0.2) is 0 Å². The molecule has 1 heterocycles. The normalized spacial score (nSPS) is 10.9. The number of hydrogen-bond acceptors (Lipinski definition) is 2. The van der Waals surface area contributed by atoms with E-state index in [2.05, 4.69) is 5.32 Å². The number of nitrogens with zero attached hydrogens (tertiary/aromatic N) is 1. The van der Waals surface area contributed by atoms with Gasteiger partial charge in [-0.2, -0.15) is 0 Å². The lowest BCUT2D eigenvalue weighted by Gasteiger charge is -2.15. The van der Waals surface area contributed by atoms with Gasteiger partial charge in [-0.15, -0.1) is 0 Å². The molecule has 1 amide bonds. The standard InChI is InChI=1S/C23H15Cl3N2O/c1-13-21(23(29)27-18-11-16(25)10-17(26)12-18)19-4-2-3-5-20(19)28-22(13)14-6-8-15(24)9-7-14/h2-12H,1H3,(H,27,29). The van der Waals surface area contributed by atoms with Crippen molar-refractivity contribution in [3.8, 4) is 11.3 Å². The molecule has 0 bridgehead atoms.